The number of benzene rings is 2. The van der Waals surface area contributed by atoms with E-state index >= 15 is 0 Å². The second-order valence-corrected chi connectivity index (χ2v) is 8.52. The number of rotatable bonds is 7. The van der Waals surface area contributed by atoms with Crippen LogP contribution < -0.4 is 25.9 Å². The number of amides is 1. The Labute approximate surface area is 200 Å². The third-order valence-electron chi connectivity index (χ3n) is 6.44. The Morgan fingerprint density at radius 2 is 1.69 bits per heavy atom. The van der Waals surface area contributed by atoms with Gasteiger partial charge in [-0.05, 0) is 54.7 Å². The Bertz CT molecular complexity index is 1530. The van der Waals surface area contributed by atoms with E-state index in [1.54, 1.807) is 14.2 Å². The van der Waals surface area contributed by atoms with E-state index in [9.17, 15) is 14.4 Å². The van der Waals surface area contributed by atoms with Crippen LogP contribution in [0.15, 0.2) is 52.1 Å². The van der Waals surface area contributed by atoms with Crippen LogP contribution in [-0.4, -0.2) is 34.9 Å². The highest BCUT2D eigenvalue weighted by molar-refractivity contribution is 5.98. The first kappa shape index (κ1) is 22.5. The van der Waals surface area contributed by atoms with Crippen molar-refractivity contribution in [1.82, 2.24) is 14.8 Å². The first-order chi connectivity index (χ1) is 17.0. The Hall–Kier alpha value is -4.27. The second-order valence-electron chi connectivity index (χ2n) is 8.52. The van der Waals surface area contributed by atoms with E-state index in [2.05, 4.69) is 20.1 Å². The zero-order chi connectivity index (χ0) is 24.5. The van der Waals surface area contributed by atoms with Crippen molar-refractivity contribution in [2.45, 2.75) is 32.2 Å². The number of aromatic amines is 2. The number of fused-ring (bicyclic) bond motifs is 3. The lowest BCUT2D eigenvalue weighted by Gasteiger charge is -2.10. The molecule has 9 nitrogen and oxygen atoms in total. The van der Waals surface area contributed by atoms with Gasteiger partial charge < -0.3 is 19.4 Å². The van der Waals surface area contributed by atoms with Crippen LogP contribution >= 0.6 is 0 Å². The molecule has 1 aliphatic heterocycles. The number of hydrogen-bond acceptors (Lipinski definition) is 5. The zero-order valence-electron chi connectivity index (χ0n) is 19.6. The number of ether oxygens (including phenoxy) is 2. The number of carbonyl (C=O) groups is 1. The van der Waals surface area contributed by atoms with Gasteiger partial charge in [0.25, 0.3) is 11.1 Å². The third-order valence-corrected chi connectivity index (χ3v) is 6.44. The van der Waals surface area contributed by atoms with Crippen LogP contribution in [0.3, 0.4) is 0 Å². The fourth-order valence-electron chi connectivity index (χ4n) is 4.81. The fraction of sp³-hybridized carbons (Fsp3) is 0.269. The van der Waals surface area contributed by atoms with Crippen LogP contribution in [-0.2, 0) is 24.2 Å². The quantitative estimate of drug-likeness (QED) is 0.380. The monoisotopic (exact) mass is 474 g/mol. The molecule has 0 saturated carbocycles. The molecule has 2 aromatic heterocycles. The first-order valence-corrected chi connectivity index (χ1v) is 11.5. The molecule has 0 bridgehead atoms. The van der Waals surface area contributed by atoms with E-state index in [0.717, 1.165) is 41.9 Å². The lowest BCUT2D eigenvalue weighted by Crippen LogP contribution is -2.18. The van der Waals surface area contributed by atoms with Crippen LogP contribution in [0.4, 0.5) is 5.69 Å². The van der Waals surface area contributed by atoms with Gasteiger partial charge in [0, 0.05) is 24.3 Å². The molecule has 0 unspecified atom stereocenters. The molecule has 0 saturated heterocycles. The summed E-state index contributed by atoms with van der Waals surface area (Å²) in [4.78, 5) is 37.6. The maximum absolute atomic E-state index is 12.6. The molecule has 0 spiro atoms. The standard InChI is InChI=1S/C26H26N4O5/c1-34-19-11-5-15(14-20(19)35-2)6-12-21(31)27-17-9-7-16(8-10-17)24-23-22(18-4-3-13-30(18)24)25(32)28-29-26(23)33/h5,7-11,14H,3-4,6,12-13H2,1-2H3,(H,27,31)(H,28,32)(H,29,33). The average molecular weight is 475 g/mol. The number of H-pyrrole nitrogens is 2. The van der Waals surface area contributed by atoms with Gasteiger partial charge >= 0.3 is 0 Å². The minimum absolute atomic E-state index is 0.107. The molecule has 0 atom stereocenters. The first-order valence-electron chi connectivity index (χ1n) is 11.5. The molecule has 0 fully saturated rings. The smallest absolute Gasteiger partial charge is 0.272 e. The Morgan fingerprint density at radius 1 is 0.971 bits per heavy atom. The molecule has 180 valence electrons. The molecule has 0 radical (unpaired) electrons. The van der Waals surface area contributed by atoms with Gasteiger partial charge in [-0.3, -0.25) is 24.6 Å². The fourth-order valence-corrected chi connectivity index (χ4v) is 4.81. The zero-order valence-corrected chi connectivity index (χ0v) is 19.6. The van der Waals surface area contributed by atoms with Crippen molar-refractivity contribution in [3.8, 4) is 22.8 Å². The van der Waals surface area contributed by atoms with E-state index in [4.69, 9.17) is 9.47 Å². The maximum atomic E-state index is 12.6. The van der Waals surface area contributed by atoms with Crippen LogP contribution in [0, 0.1) is 0 Å². The van der Waals surface area contributed by atoms with E-state index in [1.165, 1.54) is 0 Å². The largest absolute Gasteiger partial charge is 0.493 e. The number of anilines is 1. The van der Waals surface area contributed by atoms with Crippen molar-refractivity contribution < 1.29 is 14.3 Å². The predicted molar refractivity (Wildman–Crippen MR) is 133 cm³/mol. The van der Waals surface area contributed by atoms with Crippen molar-refractivity contribution in [2.24, 2.45) is 0 Å². The van der Waals surface area contributed by atoms with Gasteiger partial charge in [0.05, 0.1) is 30.7 Å². The number of nitrogens with one attached hydrogen (secondary N) is 3. The summed E-state index contributed by atoms with van der Waals surface area (Å²) in [5.74, 6) is 1.17. The summed E-state index contributed by atoms with van der Waals surface area (Å²) in [5.41, 5.74) is 3.50. The van der Waals surface area contributed by atoms with E-state index in [0.29, 0.717) is 40.8 Å². The van der Waals surface area contributed by atoms with Crippen molar-refractivity contribution in [1.29, 1.82) is 0 Å². The van der Waals surface area contributed by atoms with Crippen molar-refractivity contribution in [3.05, 3.63) is 74.4 Å². The van der Waals surface area contributed by atoms with Gasteiger partial charge in [-0.2, -0.15) is 0 Å². The highest BCUT2D eigenvalue weighted by Crippen LogP contribution is 2.35. The molecule has 3 heterocycles. The van der Waals surface area contributed by atoms with Crippen LogP contribution in [0.2, 0.25) is 0 Å². The molecule has 3 N–H and O–H groups in total. The Balaban J connectivity index is 1.33. The summed E-state index contributed by atoms with van der Waals surface area (Å²) in [6.45, 7) is 0.757. The van der Waals surface area contributed by atoms with Crippen molar-refractivity contribution >= 4 is 22.4 Å². The van der Waals surface area contributed by atoms with Crippen molar-refractivity contribution in [2.75, 3.05) is 19.5 Å². The lowest BCUT2D eigenvalue weighted by atomic mass is 10.1. The maximum Gasteiger partial charge on any atom is 0.272 e. The predicted octanol–water partition coefficient (Wildman–Crippen LogP) is 3.22. The number of aromatic nitrogens is 3. The summed E-state index contributed by atoms with van der Waals surface area (Å²) >= 11 is 0. The molecule has 4 aromatic rings. The van der Waals surface area contributed by atoms with E-state index in [1.807, 2.05) is 42.5 Å². The topological polar surface area (TPSA) is 118 Å². The Kier molecular flexibility index (Phi) is 5.90. The second kappa shape index (κ2) is 9.17. The summed E-state index contributed by atoms with van der Waals surface area (Å²) in [5, 5.41) is 8.68. The SMILES string of the molecule is COc1ccc(CCC(=O)Nc2ccc(-c3c4c(=O)[nH][nH]c(=O)c4c4n3CCC4)cc2)cc1OC. The van der Waals surface area contributed by atoms with E-state index in [-0.39, 0.29) is 17.0 Å². The number of nitrogens with zero attached hydrogens (tertiary/aromatic N) is 1. The molecular weight excluding hydrogens is 448 g/mol. The molecule has 35 heavy (non-hydrogen) atoms. The van der Waals surface area contributed by atoms with Gasteiger partial charge in [-0.15, -0.1) is 0 Å². The highest BCUT2D eigenvalue weighted by Gasteiger charge is 2.25. The molecular formula is C26H26N4O5. The van der Waals surface area contributed by atoms with E-state index < -0.39 is 0 Å². The van der Waals surface area contributed by atoms with Gasteiger partial charge in [-0.1, -0.05) is 18.2 Å². The summed E-state index contributed by atoms with van der Waals surface area (Å²) in [6.07, 6.45) is 2.56. The summed E-state index contributed by atoms with van der Waals surface area (Å²) in [7, 11) is 3.16. The minimum atomic E-state index is -0.316. The number of carbonyl (C=O) groups excluding carboxylic acids is 1. The number of aryl methyl sites for hydroxylation is 2. The molecule has 1 amide bonds. The Morgan fingerprint density at radius 3 is 2.40 bits per heavy atom. The van der Waals surface area contributed by atoms with Gasteiger partial charge in [0.15, 0.2) is 11.5 Å². The molecule has 2 aromatic carbocycles. The third kappa shape index (κ3) is 4.09. The summed E-state index contributed by atoms with van der Waals surface area (Å²) < 4.78 is 12.6. The highest BCUT2D eigenvalue weighted by atomic mass is 16.5. The van der Waals surface area contributed by atoms with Crippen LogP contribution in [0.25, 0.3) is 22.0 Å². The van der Waals surface area contributed by atoms with Gasteiger partial charge in [0.2, 0.25) is 5.91 Å². The molecule has 5 rings (SSSR count). The van der Waals surface area contributed by atoms with Gasteiger partial charge in [-0.25, -0.2) is 0 Å². The molecule has 1 aliphatic rings. The lowest BCUT2D eigenvalue weighted by molar-refractivity contribution is -0.116. The normalized spacial score (nSPS) is 12.5. The van der Waals surface area contributed by atoms with Gasteiger partial charge in [0.1, 0.15) is 0 Å². The van der Waals surface area contributed by atoms with Crippen LogP contribution in [0.5, 0.6) is 11.5 Å². The number of hydrogen-bond donors (Lipinski definition) is 3. The van der Waals surface area contributed by atoms with Crippen LogP contribution in [0.1, 0.15) is 24.1 Å². The molecule has 0 aliphatic carbocycles. The average Bonchev–Trinajstić information content (AvgIpc) is 3.47. The summed E-state index contributed by atoms with van der Waals surface area (Å²) in [6, 6.07) is 13.0. The van der Waals surface area contributed by atoms with Crippen molar-refractivity contribution in [3.63, 3.8) is 0 Å². The minimum Gasteiger partial charge on any atom is -0.493 e. The number of methoxy groups -OCH3 is 2. The molecule has 9 heteroatoms.